The lowest BCUT2D eigenvalue weighted by molar-refractivity contribution is -0.141. The summed E-state index contributed by atoms with van der Waals surface area (Å²) in [7, 11) is 0. The Balaban J connectivity index is 1.58. The van der Waals surface area contributed by atoms with Gasteiger partial charge >= 0.3 is 5.97 Å². The Hall–Kier alpha value is -3.40. The van der Waals surface area contributed by atoms with E-state index in [-0.39, 0.29) is 18.7 Å². The summed E-state index contributed by atoms with van der Waals surface area (Å²) >= 11 is 0. The number of hydrogen-bond donors (Lipinski definition) is 2. The minimum Gasteiger partial charge on any atom is -0.480 e. The molecule has 2 N–H and O–H groups in total. The van der Waals surface area contributed by atoms with E-state index in [9.17, 15) is 14.7 Å². The van der Waals surface area contributed by atoms with Gasteiger partial charge in [0.15, 0.2) is 0 Å². The van der Waals surface area contributed by atoms with Gasteiger partial charge < -0.3 is 10.4 Å². The lowest BCUT2D eigenvalue weighted by atomic mass is 10.0. The summed E-state index contributed by atoms with van der Waals surface area (Å²) in [5, 5.41) is 12.1. The van der Waals surface area contributed by atoms with Crippen molar-refractivity contribution in [3.63, 3.8) is 0 Å². The van der Waals surface area contributed by atoms with Gasteiger partial charge in [0, 0.05) is 12.8 Å². The molecule has 0 bridgehead atoms. The summed E-state index contributed by atoms with van der Waals surface area (Å²) < 4.78 is 0. The summed E-state index contributed by atoms with van der Waals surface area (Å²) in [6.07, 6.45) is 1.10. The largest absolute Gasteiger partial charge is 0.480 e. The molecular formula is C24H23NO3. The van der Waals surface area contributed by atoms with Crippen molar-refractivity contribution in [3.8, 4) is 11.1 Å². The van der Waals surface area contributed by atoms with Crippen LogP contribution >= 0.6 is 0 Å². The van der Waals surface area contributed by atoms with Crippen LogP contribution in [0, 0.1) is 0 Å². The molecule has 142 valence electrons. The van der Waals surface area contributed by atoms with Gasteiger partial charge in [-0.1, -0.05) is 84.9 Å². The standard InChI is InChI=1S/C24H23NO3/c26-23(16-13-18-7-3-1-4-8-18)25-22(24(27)28)17-19-11-14-21(15-12-19)20-9-5-2-6-10-20/h1-12,14-15,22H,13,16-17H2,(H,25,26)(H,27,28)/t22-/m1/s1. The Bertz CT molecular complexity index is 906. The Morgan fingerprint density at radius 2 is 1.32 bits per heavy atom. The maximum Gasteiger partial charge on any atom is 0.326 e. The maximum atomic E-state index is 12.2. The molecule has 1 atom stereocenters. The average Bonchev–Trinajstić information content (AvgIpc) is 2.73. The molecule has 0 aromatic heterocycles. The predicted molar refractivity (Wildman–Crippen MR) is 110 cm³/mol. The number of nitrogens with one attached hydrogen (secondary N) is 1. The van der Waals surface area contributed by atoms with E-state index in [1.54, 1.807) is 0 Å². The number of rotatable bonds is 8. The number of benzene rings is 3. The second-order valence-electron chi connectivity index (χ2n) is 6.71. The molecule has 3 aromatic carbocycles. The SMILES string of the molecule is O=C(CCc1ccccc1)N[C@H](Cc1ccc(-c2ccccc2)cc1)C(=O)O. The zero-order chi connectivity index (χ0) is 19.8. The molecule has 4 nitrogen and oxygen atoms in total. The van der Waals surface area contributed by atoms with Crippen molar-refractivity contribution in [2.75, 3.05) is 0 Å². The van der Waals surface area contributed by atoms with E-state index in [1.165, 1.54) is 0 Å². The number of aliphatic carboxylic acids is 1. The summed E-state index contributed by atoms with van der Waals surface area (Å²) in [6.45, 7) is 0. The number of carboxylic acid groups (broad SMARTS) is 1. The number of hydrogen-bond acceptors (Lipinski definition) is 2. The Morgan fingerprint density at radius 1 is 0.750 bits per heavy atom. The van der Waals surface area contributed by atoms with Gasteiger partial charge in [-0.2, -0.15) is 0 Å². The Labute approximate surface area is 164 Å². The molecule has 0 heterocycles. The Kier molecular flexibility index (Phi) is 6.58. The number of carboxylic acids is 1. The third kappa shape index (κ3) is 5.55. The lowest BCUT2D eigenvalue weighted by Crippen LogP contribution is -2.42. The van der Waals surface area contributed by atoms with Crippen molar-refractivity contribution in [2.24, 2.45) is 0 Å². The van der Waals surface area contributed by atoms with Crippen LogP contribution < -0.4 is 5.32 Å². The van der Waals surface area contributed by atoms with Crippen LogP contribution in [-0.2, 0) is 22.4 Å². The average molecular weight is 373 g/mol. The first-order valence-electron chi connectivity index (χ1n) is 9.32. The van der Waals surface area contributed by atoms with Crippen LogP contribution in [0.1, 0.15) is 17.5 Å². The van der Waals surface area contributed by atoms with Crippen LogP contribution in [0.2, 0.25) is 0 Å². The van der Waals surface area contributed by atoms with Gasteiger partial charge in [-0.05, 0) is 28.7 Å². The van der Waals surface area contributed by atoms with E-state index < -0.39 is 12.0 Å². The van der Waals surface area contributed by atoms with Crippen LogP contribution in [0.15, 0.2) is 84.9 Å². The van der Waals surface area contributed by atoms with Crippen molar-refractivity contribution >= 4 is 11.9 Å². The monoisotopic (exact) mass is 373 g/mol. The molecule has 4 heteroatoms. The van der Waals surface area contributed by atoms with E-state index in [4.69, 9.17) is 0 Å². The molecule has 0 aliphatic rings. The highest BCUT2D eigenvalue weighted by atomic mass is 16.4. The van der Waals surface area contributed by atoms with Crippen LogP contribution in [-0.4, -0.2) is 23.0 Å². The first-order chi connectivity index (χ1) is 13.6. The van der Waals surface area contributed by atoms with Crippen molar-refractivity contribution in [3.05, 3.63) is 96.1 Å². The van der Waals surface area contributed by atoms with Crippen molar-refractivity contribution in [1.82, 2.24) is 5.32 Å². The van der Waals surface area contributed by atoms with E-state index in [0.29, 0.717) is 6.42 Å². The zero-order valence-electron chi connectivity index (χ0n) is 15.5. The highest BCUT2D eigenvalue weighted by Gasteiger charge is 2.20. The summed E-state index contributed by atoms with van der Waals surface area (Å²) in [4.78, 5) is 23.8. The zero-order valence-corrected chi connectivity index (χ0v) is 15.5. The molecule has 0 spiro atoms. The van der Waals surface area contributed by atoms with Gasteiger partial charge in [-0.3, -0.25) is 4.79 Å². The second-order valence-corrected chi connectivity index (χ2v) is 6.71. The highest BCUT2D eigenvalue weighted by molar-refractivity contribution is 5.83. The molecule has 3 aromatic rings. The molecule has 0 saturated heterocycles. The van der Waals surface area contributed by atoms with Crippen LogP contribution in [0.5, 0.6) is 0 Å². The predicted octanol–water partition coefficient (Wildman–Crippen LogP) is 4.10. The first-order valence-corrected chi connectivity index (χ1v) is 9.32. The van der Waals surface area contributed by atoms with E-state index >= 15 is 0 Å². The van der Waals surface area contributed by atoms with Gasteiger partial charge in [0.25, 0.3) is 0 Å². The topological polar surface area (TPSA) is 66.4 Å². The van der Waals surface area contributed by atoms with E-state index in [0.717, 1.165) is 22.3 Å². The summed E-state index contributed by atoms with van der Waals surface area (Å²) in [5.74, 6) is -1.28. The van der Waals surface area contributed by atoms with Gasteiger partial charge in [0.1, 0.15) is 6.04 Å². The number of amides is 1. The maximum absolute atomic E-state index is 12.2. The molecule has 0 unspecified atom stereocenters. The fraction of sp³-hybridized carbons (Fsp3) is 0.167. The van der Waals surface area contributed by atoms with Crippen LogP contribution in [0.25, 0.3) is 11.1 Å². The first kappa shape index (κ1) is 19.4. The summed E-state index contributed by atoms with van der Waals surface area (Å²) in [6, 6.07) is 26.5. The molecule has 3 rings (SSSR count). The fourth-order valence-corrected chi connectivity index (χ4v) is 3.07. The molecule has 0 radical (unpaired) electrons. The lowest BCUT2D eigenvalue weighted by Gasteiger charge is -2.15. The van der Waals surface area contributed by atoms with Crippen molar-refractivity contribution in [2.45, 2.75) is 25.3 Å². The van der Waals surface area contributed by atoms with Gasteiger partial charge in [-0.25, -0.2) is 4.79 Å². The fourth-order valence-electron chi connectivity index (χ4n) is 3.07. The smallest absolute Gasteiger partial charge is 0.326 e. The highest BCUT2D eigenvalue weighted by Crippen LogP contribution is 2.19. The molecule has 0 aliphatic heterocycles. The Morgan fingerprint density at radius 3 is 1.93 bits per heavy atom. The number of aryl methyl sites for hydroxylation is 1. The van der Waals surface area contributed by atoms with Gasteiger partial charge in [0.05, 0.1) is 0 Å². The van der Waals surface area contributed by atoms with Crippen molar-refractivity contribution < 1.29 is 14.7 Å². The molecule has 1 amide bonds. The normalized spacial score (nSPS) is 11.6. The third-order valence-electron chi connectivity index (χ3n) is 4.62. The third-order valence-corrected chi connectivity index (χ3v) is 4.62. The minimum atomic E-state index is -1.03. The minimum absolute atomic E-state index is 0.251. The quantitative estimate of drug-likeness (QED) is 0.625. The van der Waals surface area contributed by atoms with Gasteiger partial charge in [0.2, 0.25) is 5.91 Å². The second kappa shape index (κ2) is 9.51. The van der Waals surface area contributed by atoms with Crippen LogP contribution in [0.3, 0.4) is 0 Å². The molecule has 0 aliphatic carbocycles. The van der Waals surface area contributed by atoms with Gasteiger partial charge in [-0.15, -0.1) is 0 Å². The van der Waals surface area contributed by atoms with Crippen LogP contribution in [0.4, 0.5) is 0 Å². The number of carbonyl (C=O) groups excluding carboxylic acids is 1. The van der Waals surface area contributed by atoms with E-state index in [2.05, 4.69) is 5.32 Å². The number of carbonyl (C=O) groups is 2. The molecular weight excluding hydrogens is 350 g/mol. The molecule has 0 fully saturated rings. The molecule has 28 heavy (non-hydrogen) atoms. The van der Waals surface area contributed by atoms with Crippen molar-refractivity contribution in [1.29, 1.82) is 0 Å². The summed E-state index contributed by atoms with van der Waals surface area (Å²) in [5.41, 5.74) is 4.11. The van der Waals surface area contributed by atoms with E-state index in [1.807, 2.05) is 84.9 Å². The molecule has 0 saturated carbocycles.